The Balaban J connectivity index is 1.45. The summed E-state index contributed by atoms with van der Waals surface area (Å²) in [6.07, 6.45) is 3.09. The van der Waals surface area contributed by atoms with Crippen molar-refractivity contribution in [1.29, 1.82) is 0 Å². The standard InChI is InChI=1S/C20H16FNO3S/c21-16-7-9-18(10-8-16)24-13-19-22-17(14-26-19)12-25-20(23)11-6-15-4-2-1-3-5-15/h1-11,14H,12-13H2/b11-6+. The third-order valence-electron chi connectivity index (χ3n) is 3.35. The average Bonchev–Trinajstić information content (AvgIpc) is 3.13. The predicted octanol–water partition coefficient (Wildman–Crippen LogP) is 4.62. The van der Waals surface area contributed by atoms with Crippen LogP contribution in [0, 0.1) is 5.82 Å². The van der Waals surface area contributed by atoms with E-state index in [0.717, 1.165) is 10.6 Å². The fraction of sp³-hybridized carbons (Fsp3) is 0.100. The number of carbonyl (C=O) groups excluding carboxylic acids is 1. The molecule has 132 valence electrons. The van der Waals surface area contributed by atoms with Gasteiger partial charge in [-0.25, -0.2) is 14.2 Å². The first-order valence-corrected chi connectivity index (χ1v) is 8.78. The Labute approximate surface area is 154 Å². The predicted molar refractivity (Wildman–Crippen MR) is 98.1 cm³/mol. The van der Waals surface area contributed by atoms with Crippen molar-refractivity contribution in [2.45, 2.75) is 13.2 Å². The largest absolute Gasteiger partial charge is 0.486 e. The van der Waals surface area contributed by atoms with E-state index in [1.54, 1.807) is 18.2 Å². The Morgan fingerprint density at radius 1 is 1.08 bits per heavy atom. The van der Waals surface area contributed by atoms with Crippen LogP contribution in [0.25, 0.3) is 6.08 Å². The minimum atomic E-state index is -0.425. The zero-order valence-corrected chi connectivity index (χ0v) is 14.6. The fourth-order valence-electron chi connectivity index (χ4n) is 2.08. The topological polar surface area (TPSA) is 48.4 Å². The zero-order valence-electron chi connectivity index (χ0n) is 13.8. The highest BCUT2D eigenvalue weighted by Gasteiger charge is 2.06. The normalized spacial score (nSPS) is 10.8. The summed E-state index contributed by atoms with van der Waals surface area (Å²) < 4.78 is 23.6. The monoisotopic (exact) mass is 369 g/mol. The molecule has 0 unspecified atom stereocenters. The smallest absolute Gasteiger partial charge is 0.331 e. The van der Waals surface area contributed by atoms with Crippen molar-refractivity contribution in [1.82, 2.24) is 4.98 Å². The van der Waals surface area contributed by atoms with Crippen molar-refractivity contribution in [3.05, 3.63) is 88.1 Å². The fourth-order valence-corrected chi connectivity index (χ4v) is 2.77. The average molecular weight is 369 g/mol. The number of ether oxygens (including phenoxy) is 2. The number of thiazole rings is 1. The third-order valence-corrected chi connectivity index (χ3v) is 4.22. The molecule has 0 spiro atoms. The lowest BCUT2D eigenvalue weighted by molar-refractivity contribution is -0.139. The van der Waals surface area contributed by atoms with E-state index in [1.807, 2.05) is 35.7 Å². The highest BCUT2D eigenvalue weighted by molar-refractivity contribution is 7.09. The van der Waals surface area contributed by atoms with E-state index in [1.165, 1.54) is 29.5 Å². The first-order valence-electron chi connectivity index (χ1n) is 7.90. The van der Waals surface area contributed by atoms with Crippen molar-refractivity contribution in [3.8, 4) is 5.75 Å². The van der Waals surface area contributed by atoms with E-state index in [0.29, 0.717) is 11.4 Å². The second kappa shape index (κ2) is 8.92. The van der Waals surface area contributed by atoms with Gasteiger partial charge in [-0.3, -0.25) is 0 Å². The molecule has 3 rings (SSSR count). The van der Waals surface area contributed by atoms with E-state index in [9.17, 15) is 9.18 Å². The maximum absolute atomic E-state index is 12.8. The van der Waals surface area contributed by atoms with Crippen LogP contribution < -0.4 is 4.74 Å². The molecule has 6 heteroatoms. The number of carbonyl (C=O) groups is 1. The Morgan fingerprint density at radius 3 is 2.62 bits per heavy atom. The molecule has 0 aliphatic carbocycles. The molecule has 0 saturated heterocycles. The SMILES string of the molecule is O=C(/C=C/c1ccccc1)OCc1csc(COc2ccc(F)cc2)n1. The van der Waals surface area contributed by atoms with Crippen molar-refractivity contribution in [2.75, 3.05) is 0 Å². The second-order valence-corrected chi connectivity index (χ2v) is 6.27. The summed E-state index contributed by atoms with van der Waals surface area (Å²) in [6.45, 7) is 0.378. The number of nitrogens with zero attached hydrogens (tertiary/aromatic N) is 1. The summed E-state index contributed by atoms with van der Waals surface area (Å²) in [4.78, 5) is 16.1. The van der Waals surface area contributed by atoms with Gasteiger partial charge in [0.25, 0.3) is 0 Å². The lowest BCUT2D eigenvalue weighted by Crippen LogP contribution is -2.01. The molecule has 2 aromatic carbocycles. The van der Waals surface area contributed by atoms with Gasteiger partial charge in [0.15, 0.2) is 0 Å². The van der Waals surface area contributed by atoms with Crippen LogP contribution in [-0.2, 0) is 22.7 Å². The third kappa shape index (κ3) is 5.53. The van der Waals surface area contributed by atoms with Gasteiger partial charge in [0.1, 0.15) is 29.8 Å². The summed E-state index contributed by atoms with van der Waals surface area (Å²) >= 11 is 1.41. The number of hydrogen-bond donors (Lipinski definition) is 0. The molecule has 0 amide bonds. The van der Waals surface area contributed by atoms with Gasteiger partial charge < -0.3 is 9.47 Å². The highest BCUT2D eigenvalue weighted by Crippen LogP contribution is 2.16. The number of halogens is 1. The van der Waals surface area contributed by atoms with Crippen LogP contribution >= 0.6 is 11.3 Å². The first-order chi connectivity index (χ1) is 12.7. The second-order valence-electron chi connectivity index (χ2n) is 5.33. The number of rotatable bonds is 7. The molecule has 0 aliphatic heterocycles. The summed E-state index contributed by atoms with van der Waals surface area (Å²) in [7, 11) is 0. The van der Waals surface area contributed by atoms with Crippen LogP contribution in [0.1, 0.15) is 16.3 Å². The van der Waals surface area contributed by atoms with Gasteiger partial charge in [-0.2, -0.15) is 0 Å². The molecule has 0 aliphatic rings. The van der Waals surface area contributed by atoms with Gasteiger partial charge in [-0.1, -0.05) is 30.3 Å². The Kier molecular flexibility index (Phi) is 6.11. The molecule has 0 N–H and O–H groups in total. The van der Waals surface area contributed by atoms with Gasteiger partial charge in [0.2, 0.25) is 0 Å². The van der Waals surface area contributed by atoms with E-state index in [4.69, 9.17) is 9.47 Å². The maximum atomic E-state index is 12.8. The van der Waals surface area contributed by atoms with Gasteiger partial charge in [-0.05, 0) is 35.9 Å². The molecule has 0 atom stereocenters. The summed E-state index contributed by atoms with van der Waals surface area (Å²) in [5, 5.41) is 2.57. The van der Waals surface area contributed by atoms with Crippen molar-refractivity contribution in [2.24, 2.45) is 0 Å². The summed E-state index contributed by atoms with van der Waals surface area (Å²) in [5.74, 6) is -0.163. The van der Waals surface area contributed by atoms with Gasteiger partial charge in [0.05, 0.1) is 5.69 Å². The molecular weight excluding hydrogens is 353 g/mol. The van der Waals surface area contributed by atoms with Crippen LogP contribution in [0.3, 0.4) is 0 Å². The first kappa shape index (κ1) is 17.8. The molecule has 0 fully saturated rings. The van der Waals surface area contributed by atoms with Crippen LogP contribution in [0.15, 0.2) is 66.1 Å². The molecule has 0 bridgehead atoms. The molecule has 0 saturated carbocycles. The van der Waals surface area contributed by atoms with Crippen molar-refractivity contribution in [3.63, 3.8) is 0 Å². The Hall–Kier alpha value is -2.99. The molecular formula is C20H16FNO3S. The van der Waals surface area contributed by atoms with Gasteiger partial charge >= 0.3 is 5.97 Å². The number of esters is 1. The summed E-state index contributed by atoms with van der Waals surface area (Å²) in [6, 6.07) is 15.3. The van der Waals surface area contributed by atoms with Crippen molar-refractivity contribution < 1.29 is 18.7 Å². The molecule has 0 radical (unpaired) electrons. The van der Waals surface area contributed by atoms with E-state index in [2.05, 4.69) is 4.98 Å². The quantitative estimate of drug-likeness (QED) is 0.450. The van der Waals surface area contributed by atoms with Crippen LogP contribution in [-0.4, -0.2) is 11.0 Å². The minimum absolute atomic E-state index is 0.102. The molecule has 1 aromatic heterocycles. The Morgan fingerprint density at radius 2 is 1.85 bits per heavy atom. The van der Waals surface area contributed by atoms with Crippen LogP contribution in [0.2, 0.25) is 0 Å². The highest BCUT2D eigenvalue weighted by atomic mass is 32.1. The lowest BCUT2D eigenvalue weighted by atomic mass is 10.2. The van der Waals surface area contributed by atoms with Crippen LogP contribution in [0.4, 0.5) is 4.39 Å². The maximum Gasteiger partial charge on any atom is 0.331 e. The van der Waals surface area contributed by atoms with Gasteiger partial charge in [-0.15, -0.1) is 11.3 Å². The molecule has 1 heterocycles. The molecule has 3 aromatic rings. The van der Waals surface area contributed by atoms with E-state index < -0.39 is 5.97 Å². The minimum Gasteiger partial charge on any atom is -0.486 e. The van der Waals surface area contributed by atoms with Crippen LogP contribution in [0.5, 0.6) is 5.75 Å². The molecule has 4 nitrogen and oxygen atoms in total. The van der Waals surface area contributed by atoms with E-state index in [-0.39, 0.29) is 19.0 Å². The van der Waals surface area contributed by atoms with E-state index >= 15 is 0 Å². The number of hydrogen-bond acceptors (Lipinski definition) is 5. The molecule has 26 heavy (non-hydrogen) atoms. The zero-order chi connectivity index (χ0) is 18.2. The Bertz CT molecular complexity index is 876. The van der Waals surface area contributed by atoms with Gasteiger partial charge in [0, 0.05) is 11.5 Å². The number of benzene rings is 2. The summed E-state index contributed by atoms with van der Waals surface area (Å²) in [5.41, 5.74) is 1.59. The number of aromatic nitrogens is 1. The van der Waals surface area contributed by atoms with Crippen molar-refractivity contribution >= 4 is 23.4 Å². The lowest BCUT2D eigenvalue weighted by Gasteiger charge is -2.03.